The smallest absolute Gasteiger partial charge is 0.247 e. The van der Waals surface area contributed by atoms with Gasteiger partial charge in [-0.15, -0.1) is 10.2 Å². The van der Waals surface area contributed by atoms with Crippen molar-refractivity contribution in [3.63, 3.8) is 0 Å². The van der Waals surface area contributed by atoms with Crippen LogP contribution in [-0.2, 0) is 14.8 Å². The zero-order valence-electron chi connectivity index (χ0n) is 16.6. The molecule has 1 saturated heterocycles. The van der Waals surface area contributed by atoms with Gasteiger partial charge >= 0.3 is 0 Å². The lowest BCUT2D eigenvalue weighted by Gasteiger charge is -2.31. The van der Waals surface area contributed by atoms with E-state index in [1.54, 1.807) is 4.90 Å². The maximum absolute atomic E-state index is 13.0. The number of halogens is 1. The largest absolute Gasteiger partial charge is 0.420 e. The molecule has 1 amide bonds. The number of aromatic nitrogens is 2. The number of hydrogen-bond acceptors (Lipinski definition) is 6. The molecule has 8 nitrogen and oxygen atoms in total. The first-order valence-electron chi connectivity index (χ1n) is 9.84. The van der Waals surface area contributed by atoms with Crippen molar-refractivity contribution in [2.45, 2.75) is 23.7 Å². The summed E-state index contributed by atoms with van der Waals surface area (Å²) in [5.74, 6) is -0.116. The highest BCUT2D eigenvalue weighted by Crippen LogP contribution is 2.28. The van der Waals surface area contributed by atoms with E-state index in [-0.39, 0.29) is 23.3 Å². The minimum absolute atomic E-state index is 0.0995. The second kappa shape index (κ2) is 8.94. The molecule has 0 unspecified atom stereocenters. The molecule has 0 radical (unpaired) electrons. The van der Waals surface area contributed by atoms with Crippen LogP contribution in [0.4, 0.5) is 4.39 Å². The Morgan fingerprint density at radius 3 is 2.61 bits per heavy atom. The van der Waals surface area contributed by atoms with Crippen LogP contribution >= 0.6 is 0 Å². The van der Waals surface area contributed by atoms with Crippen molar-refractivity contribution in [1.82, 2.24) is 19.8 Å². The molecular formula is C21H21FN4O4S. The molecule has 0 bridgehead atoms. The van der Waals surface area contributed by atoms with Gasteiger partial charge in [-0.1, -0.05) is 18.2 Å². The van der Waals surface area contributed by atoms with E-state index in [4.69, 9.17) is 4.42 Å². The fourth-order valence-electron chi connectivity index (χ4n) is 3.47. The second-order valence-electron chi connectivity index (χ2n) is 7.27. The number of amides is 1. The Hall–Kier alpha value is -3.11. The van der Waals surface area contributed by atoms with Crippen molar-refractivity contribution in [2.75, 3.05) is 19.6 Å². The number of piperidine rings is 1. The Balaban J connectivity index is 1.38. The molecule has 0 saturated carbocycles. The van der Waals surface area contributed by atoms with Gasteiger partial charge in [0.15, 0.2) is 0 Å². The van der Waals surface area contributed by atoms with Gasteiger partial charge in [0.05, 0.1) is 17.4 Å². The SMILES string of the molecule is O=C(CNS(=O)(=O)c1ccc(F)cc1)N1CCC[C@@H](c2nnc(-c3ccccc3)o2)C1. The summed E-state index contributed by atoms with van der Waals surface area (Å²) in [6.07, 6.45) is 1.53. The van der Waals surface area contributed by atoms with Crippen molar-refractivity contribution in [2.24, 2.45) is 0 Å². The van der Waals surface area contributed by atoms with E-state index in [0.717, 1.165) is 42.7 Å². The Bertz CT molecular complexity index is 1150. The predicted molar refractivity (Wildman–Crippen MR) is 110 cm³/mol. The van der Waals surface area contributed by atoms with Crippen molar-refractivity contribution in [1.29, 1.82) is 0 Å². The predicted octanol–water partition coefficient (Wildman–Crippen LogP) is 2.56. The van der Waals surface area contributed by atoms with Gasteiger partial charge in [-0.2, -0.15) is 0 Å². The van der Waals surface area contributed by atoms with Crippen LogP contribution in [0.5, 0.6) is 0 Å². The van der Waals surface area contributed by atoms with E-state index in [1.165, 1.54) is 0 Å². The fraction of sp³-hybridized carbons (Fsp3) is 0.286. The van der Waals surface area contributed by atoms with Gasteiger partial charge in [0.1, 0.15) is 5.82 Å². The van der Waals surface area contributed by atoms with E-state index in [1.807, 2.05) is 30.3 Å². The number of hydrogen-bond donors (Lipinski definition) is 1. The minimum atomic E-state index is -3.91. The monoisotopic (exact) mass is 444 g/mol. The maximum Gasteiger partial charge on any atom is 0.247 e. The summed E-state index contributed by atoms with van der Waals surface area (Å²) in [4.78, 5) is 14.1. The third kappa shape index (κ3) is 4.97. The first-order chi connectivity index (χ1) is 14.9. The number of carbonyl (C=O) groups excluding carboxylic acids is 1. The van der Waals surface area contributed by atoms with Crippen LogP contribution in [0.2, 0.25) is 0 Å². The lowest BCUT2D eigenvalue weighted by Crippen LogP contribution is -2.44. The topological polar surface area (TPSA) is 105 Å². The number of rotatable bonds is 6. The van der Waals surface area contributed by atoms with Crippen LogP contribution in [0.1, 0.15) is 24.7 Å². The Morgan fingerprint density at radius 2 is 1.87 bits per heavy atom. The highest BCUT2D eigenvalue weighted by atomic mass is 32.2. The highest BCUT2D eigenvalue weighted by molar-refractivity contribution is 7.89. The second-order valence-corrected chi connectivity index (χ2v) is 9.04. The van der Waals surface area contributed by atoms with Crippen molar-refractivity contribution < 1.29 is 22.0 Å². The van der Waals surface area contributed by atoms with E-state index in [2.05, 4.69) is 14.9 Å². The zero-order chi connectivity index (χ0) is 21.8. The number of sulfonamides is 1. The first-order valence-corrected chi connectivity index (χ1v) is 11.3. The summed E-state index contributed by atoms with van der Waals surface area (Å²) in [6.45, 7) is 0.506. The molecule has 1 aromatic heterocycles. The zero-order valence-corrected chi connectivity index (χ0v) is 17.4. The third-order valence-electron chi connectivity index (χ3n) is 5.12. The molecule has 1 aliphatic rings. The summed E-state index contributed by atoms with van der Waals surface area (Å²) < 4.78 is 45.7. The normalized spacial score (nSPS) is 16.9. The number of nitrogens with one attached hydrogen (secondary N) is 1. The molecule has 1 atom stereocenters. The summed E-state index contributed by atoms with van der Waals surface area (Å²) in [5, 5.41) is 8.25. The lowest BCUT2D eigenvalue weighted by molar-refractivity contribution is -0.131. The number of likely N-dealkylation sites (tertiary alicyclic amines) is 1. The van der Waals surface area contributed by atoms with E-state index in [0.29, 0.717) is 24.9 Å². The van der Waals surface area contributed by atoms with Crippen LogP contribution in [-0.4, -0.2) is 49.1 Å². The fourth-order valence-corrected chi connectivity index (χ4v) is 4.44. The van der Waals surface area contributed by atoms with Gasteiger partial charge in [-0.3, -0.25) is 4.79 Å². The van der Waals surface area contributed by atoms with Crippen LogP contribution in [0.3, 0.4) is 0 Å². The lowest BCUT2D eigenvalue weighted by atomic mass is 9.98. The standard InChI is InChI=1S/C21H21FN4O4S/c22-17-8-10-18(11-9-17)31(28,29)23-13-19(27)26-12-4-7-16(14-26)21-25-24-20(30-21)15-5-2-1-3-6-15/h1-3,5-6,8-11,16,23H,4,7,12-14H2/t16-/m1/s1. The molecule has 0 spiro atoms. The molecule has 162 valence electrons. The van der Waals surface area contributed by atoms with Crippen LogP contribution in [0.25, 0.3) is 11.5 Å². The van der Waals surface area contributed by atoms with E-state index < -0.39 is 15.8 Å². The van der Waals surface area contributed by atoms with E-state index >= 15 is 0 Å². The van der Waals surface area contributed by atoms with Gasteiger partial charge in [0, 0.05) is 18.7 Å². The number of benzene rings is 2. The molecule has 1 N–H and O–H groups in total. The van der Waals surface area contributed by atoms with Gasteiger partial charge in [-0.05, 0) is 49.2 Å². The number of nitrogens with zero attached hydrogens (tertiary/aromatic N) is 3. The molecule has 1 fully saturated rings. The number of carbonyl (C=O) groups is 1. The third-order valence-corrected chi connectivity index (χ3v) is 6.54. The molecule has 2 aromatic carbocycles. The minimum Gasteiger partial charge on any atom is -0.420 e. The van der Waals surface area contributed by atoms with Crippen LogP contribution < -0.4 is 4.72 Å². The molecule has 1 aliphatic heterocycles. The molecule has 31 heavy (non-hydrogen) atoms. The molecule has 10 heteroatoms. The molecule has 2 heterocycles. The van der Waals surface area contributed by atoms with Gasteiger partial charge in [0.25, 0.3) is 0 Å². The van der Waals surface area contributed by atoms with Crippen LogP contribution in [0.15, 0.2) is 63.9 Å². The Labute approximate surface area is 179 Å². The average molecular weight is 444 g/mol. The van der Waals surface area contributed by atoms with Crippen molar-refractivity contribution in [3.05, 3.63) is 66.3 Å². The summed E-state index contributed by atoms with van der Waals surface area (Å²) in [7, 11) is -3.91. The maximum atomic E-state index is 13.0. The van der Waals surface area contributed by atoms with E-state index in [9.17, 15) is 17.6 Å². The van der Waals surface area contributed by atoms with Gasteiger partial charge in [-0.25, -0.2) is 17.5 Å². The van der Waals surface area contributed by atoms with Crippen LogP contribution in [0, 0.1) is 5.82 Å². The quantitative estimate of drug-likeness (QED) is 0.627. The van der Waals surface area contributed by atoms with Gasteiger partial charge < -0.3 is 9.32 Å². The van der Waals surface area contributed by atoms with Gasteiger partial charge in [0.2, 0.25) is 27.7 Å². The Morgan fingerprint density at radius 1 is 1.13 bits per heavy atom. The summed E-state index contributed by atoms with van der Waals surface area (Å²) in [6, 6.07) is 13.8. The molecule has 4 rings (SSSR count). The molecular weight excluding hydrogens is 423 g/mol. The Kier molecular flexibility index (Phi) is 6.10. The molecule has 0 aliphatic carbocycles. The van der Waals surface area contributed by atoms with Crippen molar-refractivity contribution >= 4 is 15.9 Å². The average Bonchev–Trinajstić information content (AvgIpc) is 3.29. The van der Waals surface area contributed by atoms with Crippen molar-refractivity contribution in [3.8, 4) is 11.5 Å². The first kappa shape index (κ1) is 21.1. The summed E-state index contributed by atoms with van der Waals surface area (Å²) >= 11 is 0. The summed E-state index contributed by atoms with van der Waals surface area (Å²) in [5.41, 5.74) is 0.820. The highest BCUT2D eigenvalue weighted by Gasteiger charge is 2.29. The molecule has 3 aromatic rings.